The third-order valence-corrected chi connectivity index (χ3v) is 5.20. The van der Waals surface area contributed by atoms with Crippen molar-refractivity contribution in [3.8, 4) is 5.75 Å². The predicted octanol–water partition coefficient (Wildman–Crippen LogP) is 2.44. The molecule has 4 nitrogen and oxygen atoms in total. The van der Waals surface area contributed by atoms with Gasteiger partial charge in [-0.3, -0.25) is 0 Å². The van der Waals surface area contributed by atoms with Crippen molar-refractivity contribution in [1.29, 1.82) is 0 Å². The van der Waals surface area contributed by atoms with Gasteiger partial charge in [-0.25, -0.2) is 8.42 Å². The minimum absolute atomic E-state index is 0.0167. The van der Waals surface area contributed by atoms with Crippen molar-refractivity contribution >= 4 is 9.84 Å². The van der Waals surface area contributed by atoms with E-state index >= 15 is 0 Å². The minimum atomic E-state index is -4.79. The molecule has 1 N–H and O–H groups in total. The van der Waals surface area contributed by atoms with Gasteiger partial charge in [0.15, 0.2) is 9.84 Å². The fourth-order valence-electron chi connectivity index (χ4n) is 2.43. The van der Waals surface area contributed by atoms with Crippen molar-refractivity contribution in [3.05, 3.63) is 29.8 Å². The van der Waals surface area contributed by atoms with E-state index in [4.69, 9.17) is 0 Å². The summed E-state index contributed by atoms with van der Waals surface area (Å²) in [4.78, 5) is 0. The number of hydrogen-bond acceptors (Lipinski definition) is 4. The topological polar surface area (TPSA) is 63.6 Å². The second-order valence-electron chi connectivity index (χ2n) is 5.14. The van der Waals surface area contributed by atoms with Crippen LogP contribution in [-0.2, 0) is 9.84 Å². The first-order chi connectivity index (χ1) is 9.65. The molecule has 1 fully saturated rings. The van der Waals surface area contributed by atoms with Crippen LogP contribution in [0.2, 0.25) is 0 Å². The molecular formula is C13H15F3O4S. The maximum absolute atomic E-state index is 12.1. The van der Waals surface area contributed by atoms with Crippen molar-refractivity contribution < 1.29 is 31.4 Å². The number of benzene rings is 1. The van der Waals surface area contributed by atoms with Crippen LogP contribution in [0.4, 0.5) is 13.2 Å². The smallest absolute Gasteiger partial charge is 0.406 e. The lowest BCUT2D eigenvalue weighted by atomic mass is 9.96. The molecule has 1 saturated heterocycles. The summed E-state index contributed by atoms with van der Waals surface area (Å²) < 4.78 is 62.9. The molecule has 1 heterocycles. The van der Waals surface area contributed by atoms with Crippen LogP contribution in [-0.4, -0.2) is 31.4 Å². The van der Waals surface area contributed by atoms with Gasteiger partial charge in [0.05, 0.1) is 17.6 Å². The molecule has 2 unspecified atom stereocenters. The predicted molar refractivity (Wildman–Crippen MR) is 69.5 cm³/mol. The highest BCUT2D eigenvalue weighted by molar-refractivity contribution is 7.91. The van der Waals surface area contributed by atoms with Gasteiger partial charge in [0.25, 0.3) is 0 Å². The molecule has 0 amide bonds. The molecule has 0 aromatic heterocycles. The lowest BCUT2D eigenvalue weighted by Crippen LogP contribution is -2.17. The summed E-state index contributed by atoms with van der Waals surface area (Å²) in [6, 6.07) is 5.09. The van der Waals surface area contributed by atoms with E-state index in [-0.39, 0.29) is 29.4 Å². The Labute approximate surface area is 120 Å². The zero-order valence-electron chi connectivity index (χ0n) is 11.0. The van der Waals surface area contributed by atoms with Gasteiger partial charge in [0.2, 0.25) is 0 Å². The van der Waals surface area contributed by atoms with Crippen LogP contribution in [0.5, 0.6) is 5.75 Å². The van der Waals surface area contributed by atoms with E-state index < -0.39 is 28.1 Å². The van der Waals surface area contributed by atoms with E-state index in [0.717, 1.165) is 12.1 Å². The maximum Gasteiger partial charge on any atom is 0.573 e. The monoisotopic (exact) mass is 324 g/mol. The first-order valence-electron chi connectivity index (χ1n) is 6.39. The Kier molecular flexibility index (Phi) is 4.48. The lowest BCUT2D eigenvalue weighted by molar-refractivity contribution is -0.274. The van der Waals surface area contributed by atoms with E-state index in [0.29, 0.717) is 6.42 Å². The molecule has 21 heavy (non-hydrogen) atoms. The highest BCUT2D eigenvalue weighted by Gasteiger charge is 2.32. The van der Waals surface area contributed by atoms with Gasteiger partial charge in [-0.1, -0.05) is 12.1 Å². The summed E-state index contributed by atoms with van der Waals surface area (Å²) in [7, 11) is -3.04. The molecule has 1 aromatic carbocycles. The Balaban J connectivity index is 2.02. The third kappa shape index (κ3) is 4.89. The van der Waals surface area contributed by atoms with Crippen LogP contribution < -0.4 is 4.74 Å². The third-order valence-electron chi connectivity index (χ3n) is 3.36. The molecule has 0 spiro atoms. The zero-order chi connectivity index (χ0) is 15.7. The Hall–Kier alpha value is -1.28. The van der Waals surface area contributed by atoms with Gasteiger partial charge in [0.1, 0.15) is 5.75 Å². The van der Waals surface area contributed by atoms with Gasteiger partial charge >= 0.3 is 6.36 Å². The van der Waals surface area contributed by atoms with Gasteiger partial charge in [-0.05, 0) is 36.5 Å². The van der Waals surface area contributed by atoms with Crippen molar-refractivity contribution in [3.63, 3.8) is 0 Å². The highest BCUT2D eigenvalue weighted by atomic mass is 32.2. The standard InChI is InChI=1S/C13H15F3O4S/c14-13(15,16)20-11-3-1-2-10(7-11)12(17)6-9-4-5-21(18,19)8-9/h1-3,7,9,12,17H,4-6,8H2. The molecule has 118 valence electrons. The summed E-state index contributed by atoms with van der Waals surface area (Å²) >= 11 is 0. The molecule has 8 heteroatoms. The number of rotatable bonds is 4. The van der Waals surface area contributed by atoms with Crippen LogP contribution in [0.3, 0.4) is 0 Å². The fraction of sp³-hybridized carbons (Fsp3) is 0.538. The molecular weight excluding hydrogens is 309 g/mol. The Bertz CT molecular complexity index is 598. The molecule has 2 atom stereocenters. The maximum atomic E-state index is 12.1. The quantitative estimate of drug-likeness (QED) is 0.924. The van der Waals surface area contributed by atoms with Gasteiger partial charge in [-0.2, -0.15) is 0 Å². The van der Waals surface area contributed by atoms with Crippen molar-refractivity contribution in [2.45, 2.75) is 25.3 Å². The van der Waals surface area contributed by atoms with Gasteiger partial charge in [-0.15, -0.1) is 13.2 Å². The second-order valence-corrected chi connectivity index (χ2v) is 7.37. The Morgan fingerprint density at radius 2 is 2.10 bits per heavy atom. The van der Waals surface area contributed by atoms with Gasteiger partial charge in [0, 0.05) is 0 Å². The SMILES string of the molecule is O=S1(=O)CCC(CC(O)c2cccc(OC(F)(F)F)c2)C1. The molecule has 0 aliphatic carbocycles. The average Bonchev–Trinajstić information content (AvgIpc) is 2.66. The Morgan fingerprint density at radius 1 is 1.38 bits per heavy atom. The van der Waals surface area contributed by atoms with Gasteiger partial charge < -0.3 is 9.84 Å². The molecule has 1 aliphatic heterocycles. The van der Waals surface area contributed by atoms with Crippen LogP contribution in [0.25, 0.3) is 0 Å². The number of aliphatic hydroxyl groups excluding tert-OH is 1. The van der Waals surface area contributed by atoms with Crippen molar-refractivity contribution in [1.82, 2.24) is 0 Å². The normalized spacial score (nSPS) is 23.0. The van der Waals surface area contributed by atoms with E-state index in [1.165, 1.54) is 12.1 Å². The fourth-order valence-corrected chi connectivity index (χ4v) is 4.31. The van der Waals surface area contributed by atoms with E-state index in [1.807, 2.05) is 0 Å². The summed E-state index contributed by atoms with van der Waals surface area (Å²) in [6.45, 7) is 0. The van der Waals surface area contributed by atoms with Crippen molar-refractivity contribution in [2.75, 3.05) is 11.5 Å². The van der Waals surface area contributed by atoms with Crippen LogP contribution in [0.1, 0.15) is 24.5 Å². The van der Waals surface area contributed by atoms with E-state index in [1.54, 1.807) is 0 Å². The number of sulfone groups is 1. The number of halogens is 3. The van der Waals surface area contributed by atoms with Crippen LogP contribution >= 0.6 is 0 Å². The summed E-state index contributed by atoms with van der Waals surface area (Å²) in [5, 5.41) is 10.0. The van der Waals surface area contributed by atoms with Crippen LogP contribution in [0, 0.1) is 5.92 Å². The van der Waals surface area contributed by atoms with Crippen molar-refractivity contribution in [2.24, 2.45) is 5.92 Å². The van der Waals surface area contributed by atoms with E-state index in [2.05, 4.69) is 4.74 Å². The number of hydrogen-bond donors (Lipinski definition) is 1. The minimum Gasteiger partial charge on any atom is -0.406 e. The van der Waals surface area contributed by atoms with E-state index in [9.17, 15) is 26.7 Å². The largest absolute Gasteiger partial charge is 0.573 e. The molecule has 2 rings (SSSR count). The molecule has 0 bridgehead atoms. The van der Waals surface area contributed by atoms with Crippen LogP contribution in [0.15, 0.2) is 24.3 Å². The Morgan fingerprint density at radius 3 is 2.67 bits per heavy atom. The molecule has 0 saturated carbocycles. The number of ether oxygens (including phenoxy) is 1. The zero-order valence-corrected chi connectivity index (χ0v) is 11.8. The number of aliphatic hydroxyl groups is 1. The first kappa shape index (κ1) is 16.1. The second kappa shape index (κ2) is 5.84. The molecule has 0 radical (unpaired) electrons. The molecule has 1 aromatic rings. The first-order valence-corrected chi connectivity index (χ1v) is 8.21. The molecule has 1 aliphatic rings. The number of alkyl halides is 3. The summed E-state index contributed by atoms with van der Waals surface area (Å²) in [5.41, 5.74) is 0.279. The lowest BCUT2D eigenvalue weighted by Gasteiger charge is -2.16. The highest BCUT2D eigenvalue weighted by Crippen LogP contribution is 2.31. The summed E-state index contributed by atoms with van der Waals surface area (Å²) in [6.07, 6.45) is -5.13. The summed E-state index contributed by atoms with van der Waals surface area (Å²) in [5.74, 6) is -0.458. The average molecular weight is 324 g/mol.